The van der Waals surface area contributed by atoms with Gasteiger partial charge in [0.2, 0.25) is 0 Å². The molecule has 0 saturated carbocycles. The summed E-state index contributed by atoms with van der Waals surface area (Å²) in [7, 11) is 1.66. The monoisotopic (exact) mass is 393 g/mol. The van der Waals surface area contributed by atoms with Crippen LogP contribution in [0.3, 0.4) is 0 Å². The van der Waals surface area contributed by atoms with Crippen LogP contribution in [0.15, 0.2) is 48.5 Å². The molecule has 2 atom stereocenters. The van der Waals surface area contributed by atoms with Gasteiger partial charge in [-0.1, -0.05) is 42.0 Å². The Bertz CT molecular complexity index is 829. The van der Waals surface area contributed by atoms with Crippen LogP contribution in [0.25, 0.3) is 0 Å². The number of rotatable bonds is 7. The third-order valence-corrected chi connectivity index (χ3v) is 6.74. The zero-order chi connectivity index (χ0) is 20.4. The third kappa shape index (κ3) is 4.24. The summed E-state index contributed by atoms with van der Waals surface area (Å²) < 4.78 is 5.25. The van der Waals surface area contributed by atoms with Gasteiger partial charge < -0.3 is 9.84 Å². The van der Waals surface area contributed by atoms with Crippen molar-refractivity contribution in [1.82, 2.24) is 4.90 Å². The Morgan fingerprint density at radius 3 is 2.28 bits per heavy atom. The van der Waals surface area contributed by atoms with Gasteiger partial charge >= 0.3 is 0 Å². The summed E-state index contributed by atoms with van der Waals surface area (Å²) in [6, 6.07) is 16.5. The highest BCUT2D eigenvalue weighted by molar-refractivity contribution is 5.96. The second-order valence-corrected chi connectivity index (χ2v) is 8.68. The van der Waals surface area contributed by atoms with Gasteiger partial charge in [0, 0.05) is 24.1 Å². The van der Waals surface area contributed by atoms with Gasteiger partial charge in [0.1, 0.15) is 5.75 Å². The number of aryl methyl sites for hydroxylation is 1. The Labute approximate surface area is 173 Å². The van der Waals surface area contributed by atoms with E-state index in [0.29, 0.717) is 18.5 Å². The van der Waals surface area contributed by atoms with E-state index in [4.69, 9.17) is 4.74 Å². The fourth-order valence-electron chi connectivity index (χ4n) is 5.12. The molecule has 2 aromatic rings. The lowest BCUT2D eigenvalue weighted by atomic mass is 9.80. The van der Waals surface area contributed by atoms with E-state index in [1.807, 2.05) is 55.5 Å². The molecule has 0 radical (unpaired) electrons. The molecule has 0 unspecified atom stereocenters. The molecule has 2 bridgehead atoms. The van der Waals surface area contributed by atoms with Crippen LogP contribution in [-0.2, 0) is 5.60 Å². The van der Waals surface area contributed by atoms with E-state index in [1.54, 1.807) is 7.11 Å². The highest BCUT2D eigenvalue weighted by Gasteiger charge is 2.47. The maximum atomic E-state index is 12.4. The summed E-state index contributed by atoms with van der Waals surface area (Å²) in [5, 5.41) is 11.4. The molecule has 0 spiro atoms. The minimum absolute atomic E-state index is 0.226. The number of aliphatic hydroxyl groups is 1. The van der Waals surface area contributed by atoms with Gasteiger partial charge in [-0.05, 0) is 63.3 Å². The Morgan fingerprint density at radius 1 is 1.07 bits per heavy atom. The van der Waals surface area contributed by atoms with Crippen LogP contribution in [0.2, 0.25) is 0 Å². The van der Waals surface area contributed by atoms with Crippen molar-refractivity contribution >= 4 is 5.78 Å². The predicted molar refractivity (Wildman–Crippen MR) is 114 cm³/mol. The number of hydrogen-bond donors (Lipinski definition) is 1. The van der Waals surface area contributed by atoms with E-state index < -0.39 is 5.60 Å². The van der Waals surface area contributed by atoms with Crippen molar-refractivity contribution in [1.29, 1.82) is 0 Å². The van der Waals surface area contributed by atoms with Crippen molar-refractivity contribution in [3.8, 4) is 5.75 Å². The maximum absolute atomic E-state index is 12.4. The Hall–Kier alpha value is -2.17. The molecular weight excluding hydrogens is 362 g/mol. The fourth-order valence-corrected chi connectivity index (χ4v) is 5.12. The smallest absolute Gasteiger partial charge is 0.162 e. The number of methoxy groups -OCH3 is 1. The van der Waals surface area contributed by atoms with Crippen molar-refractivity contribution in [3.05, 3.63) is 65.2 Å². The van der Waals surface area contributed by atoms with Crippen LogP contribution in [0.4, 0.5) is 0 Å². The molecule has 4 heteroatoms. The average molecular weight is 394 g/mol. The van der Waals surface area contributed by atoms with Crippen molar-refractivity contribution in [2.45, 2.75) is 63.1 Å². The van der Waals surface area contributed by atoms with Crippen molar-refractivity contribution in [2.24, 2.45) is 0 Å². The number of ketones is 1. The first-order valence-electron chi connectivity index (χ1n) is 10.7. The van der Waals surface area contributed by atoms with Crippen LogP contribution in [-0.4, -0.2) is 41.5 Å². The lowest BCUT2D eigenvalue weighted by Gasteiger charge is -2.44. The highest BCUT2D eigenvalue weighted by Crippen LogP contribution is 2.45. The Balaban J connectivity index is 1.34. The van der Waals surface area contributed by atoms with Crippen molar-refractivity contribution < 1.29 is 14.6 Å². The van der Waals surface area contributed by atoms with Crippen molar-refractivity contribution in [2.75, 3.05) is 13.7 Å². The number of carbonyl (C=O) groups excluding carboxylic acids is 1. The summed E-state index contributed by atoms with van der Waals surface area (Å²) in [6.07, 6.45) is 5.26. The minimum atomic E-state index is -0.758. The minimum Gasteiger partial charge on any atom is -0.497 e. The van der Waals surface area contributed by atoms with Gasteiger partial charge in [-0.15, -0.1) is 0 Å². The first kappa shape index (κ1) is 20.1. The maximum Gasteiger partial charge on any atom is 0.162 e. The molecule has 2 saturated heterocycles. The molecule has 0 aliphatic carbocycles. The Morgan fingerprint density at radius 2 is 1.69 bits per heavy atom. The first-order valence-corrected chi connectivity index (χ1v) is 10.7. The molecular formula is C25H31NO3. The number of ether oxygens (including phenoxy) is 1. The molecule has 2 aromatic carbocycles. The van der Waals surface area contributed by atoms with Gasteiger partial charge in [0.05, 0.1) is 12.7 Å². The SMILES string of the molecule is COc1ccc(C2(O)C[C@@H]3CC[C@@H](C2)N3CCCC(=O)c2ccc(C)cc2)cc1. The Kier molecular flexibility index (Phi) is 5.75. The van der Waals surface area contributed by atoms with E-state index in [2.05, 4.69) is 4.90 Å². The molecule has 4 rings (SSSR count). The van der Waals surface area contributed by atoms with Crippen LogP contribution in [0.5, 0.6) is 5.75 Å². The predicted octanol–water partition coefficient (Wildman–Crippen LogP) is 4.48. The summed E-state index contributed by atoms with van der Waals surface area (Å²) in [6.45, 7) is 2.97. The van der Waals surface area contributed by atoms with E-state index in [0.717, 1.165) is 55.5 Å². The number of nitrogens with zero attached hydrogens (tertiary/aromatic N) is 1. The first-order chi connectivity index (χ1) is 14.0. The average Bonchev–Trinajstić information content (AvgIpc) is 2.98. The topological polar surface area (TPSA) is 49.8 Å². The van der Waals surface area contributed by atoms with E-state index in [9.17, 15) is 9.90 Å². The van der Waals surface area contributed by atoms with Gasteiger partial charge in [-0.3, -0.25) is 9.69 Å². The molecule has 29 heavy (non-hydrogen) atoms. The van der Waals surface area contributed by atoms with Crippen LogP contribution in [0, 0.1) is 6.92 Å². The molecule has 2 aliphatic rings. The summed E-state index contributed by atoms with van der Waals surface area (Å²) >= 11 is 0. The summed E-state index contributed by atoms with van der Waals surface area (Å²) in [5.41, 5.74) is 2.22. The molecule has 2 fully saturated rings. The second-order valence-electron chi connectivity index (χ2n) is 8.68. The third-order valence-electron chi connectivity index (χ3n) is 6.74. The van der Waals surface area contributed by atoms with Crippen molar-refractivity contribution in [3.63, 3.8) is 0 Å². The zero-order valence-electron chi connectivity index (χ0n) is 17.4. The number of carbonyl (C=O) groups is 1. The van der Waals surface area contributed by atoms with Gasteiger partial charge in [0.15, 0.2) is 5.78 Å². The number of Topliss-reactive ketones (excluding diaryl/α,β-unsaturated/α-hetero) is 1. The standard InChI is InChI=1S/C25H31NO3/c1-18-5-7-19(8-6-18)24(27)4-3-15-26-21-11-12-22(26)17-25(28,16-21)20-9-13-23(29-2)14-10-20/h5-10,13-14,21-22,28H,3-4,11-12,15-17H2,1-2H3/t21-,22-/m0/s1. The molecule has 1 N–H and O–H groups in total. The van der Waals surface area contributed by atoms with Crippen LogP contribution >= 0.6 is 0 Å². The molecule has 0 aromatic heterocycles. The molecule has 4 nitrogen and oxygen atoms in total. The van der Waals surface area contributed by atoms with Crippen LogP contribution in [0.1, 0.15) is 60.0 Å². The number of benzene rings is 2. The quantitative estimate of drug-likeness (QED) is 0.705. The van der Waals surface area contributed by atoms with Gasteiger partial charge in [-0.25, -0.2) is 0 Å². The zero-order valence-corrected chi connectivity index (χ0v) is 17.4. The summed E-state index contributed by atoms with van der Waals surface area (Å²) in [4.78, 5) is 15.0. The van der Waals surface area contributed by atoms with E-state index >= 15 is 0 Å². The second kappa shape index (κ2) is 8.29. The van der Waals surface area contributed by atoms with Gasteiger partial charge in [-0.2, -0.15) is 0 Å². The molecule has 154 valence electrons. The summed E-state index contributed by atoms with van der Waals surface area (Å²) in [5.74, 6) is 1.04. The molecule has 2 heterocycles. The van der Waals surface area contributed by atoms with Crippen LogP contribution < -0.4 is 4.74 Å². The number of piperidine rings is 1. The number of fused-ring (bicyclic) bond motifs is 2. The lowest BCUT2D eigenvalue weighted by Crippen LogP contribution is -2.49. The largest absolute Gasteiger partial charge is 0.497 e. The van der Waals surface area contributed by atoms with E-state index in [-0.39, 0.29) is 5.78 Å². The number of hydrogen-bond acceptors (Lipinski definition) is 4. The van der Waals surface area contributed by atoms with Gasteiger partial charge in [0.25, 0.3) is 0 Å². The normalized spacial score (nSPS) is 26.4. The lowest BCUT2D eigenvalue weighted by molar-refractivity contribution is -0.0570. The highest BCUT2D eigenvalue weighted by atomic mass is 16.5. The van der Waals surface area contributed by atoms with E-state index in [1.165, 1.54) is 5.56 Å². The fraction of sp³-hybridized carbons (Fsp3) is 0.480. The molecule has 0 amide bonds. The molecule has 2 aliphatic heterocycles.